The Morgan fingerprint density at radius 3 is 2.15 bits per heavy atom. The van der Waals surface area contributed by atoms with Gasteiger partial charge in [-0.3, -0.25) is 4.79 Å². The molecule has 2 atom stereocenters. The molecule has 33 heavy (non-hydrogen) atoms. The summed E-state index contributed by atoms with van der Waals surface area (Å²) in [5.74, 6) is 0.879. The van der Waals surface area contributed by atoms with Crippen LogP contribution in [-0.2, 0) is 17.6 Å². The van der Waals surface area contributed by atoms with E-state index < -0.39 is 0 Å². The van der Waals surface area contributed by atoms with Gasteiger partial charge in [0.2, 0.25) is 5.91 Å². The van der Waals surface area contributed by atoms with Gasteiger partial charge in [-0.2, -0.15) is 0 Å². The van der Waals surface area contributed by atoms with Crippen molar-refractivity contribution < 1.29 is 4.79 Å². The van der Waals surface area contributed by atoms with Crippen molar-refractivity contribution in [3.63, 3.8) is 0 Å². The van der Waals surface area contributed by atoms with Gasteiger partial charge in [-0.25, -0.2) is 0 Å². The summed E-state index contributed by atoms with van der Waals surface area (Å²) < 4.78 is 0. The van der Waals surface area contributed by atoms with Crippen molar-refractivity contribution in [1.82, 2.24) is 20.0 Å². The topological polar surface area (TPSA) is 38.8 Å². The number of piperidine rings is 1. The van der Waals surface area contributed by atoms with Gasteiger partial charge < -0.3 is 20.0 Å². The summed E-state index contributed by atoms with van der Waals surface area (Å²) in [6.45, 7) is 9.42. The molecule has 0 aromatic heterocycles. The average Bonchev–Trinajstić information content (AvgIpc) is 2.85. The Balaban J connectivity index is 1.32. The Bertz CT molecular complexity index is 835. The van der Waals surface area contributed by atoms with Gasteiger partial charge in [0.05, 0.1) is 5.92 Å². The van der Waals surface area contributed by atoms with E-state index in [1.54, 1.807) is 0 Å². The number of nitrogens with one attached hydrogen (secondary N) is 1. The summed E-state index contributed by atoms with van der Waals surface area (Å²) in [6, 6.07) is 21.1. The van der Waals surface area contributed by atoms with Crippen LogP contribution < -0.4 is 5.32 Å². The summed E-state index contributed by atoms with van der Waals surface area (Å²) in [5, 5.41) is 3.24. The van der Waals surface area contributed by atoms with Crippen molar-refractivity contribution >= 4 is 5.91 Å². The lowest BCUT2D eigenvalue weighted by atomic mass is 9.87. The molecule has 178 valence electrons. The second-order valence-corrected chi connectivity index (χ2v) is 9.92. The minimum Gasteiger partial charge on any atom is -0.355 e. The number of hydrogen-bond acceptors (Lipinski definition) is 4. The van der Waals surface area contributed by atoms with Crippen LogP contribution in [0.2, 0.25) is 0 Å². The normalized spacial score (nSPS) is 22.8. The first-order chi connectivity index (χ1) is 16.2. The van der Waals surface area contributed by atoms with E-state index in [0.717, 1.165) is 71.6 Å². The van der Waals surface area contributed by atoms with Crippen LogP contribution in [0.25, 0.3) is 0 Å². The molecule has 0 unspecified atom stereocenters. The van der Waals surface area contributed by atoms with Crippen molar-refractivity contribution in [2.45, 2.75) is 19.3 Å². The van der Waals surface area contributed by atoms with E-state index in [1.807, 2.05) is 6.07 Å². The summed E-state index contributed by atoms with van der Waals surface area (Å²) >= 11 is 0. The Morgan fingerprint density at radius 1 is 0.848 bits per heavy atom. The maximum absolute atomic E-state index is 13.1. The van der Waals surface area contributed by atoms with Crippen LogP contribution in [0.15, 0.2) is 60.7 Å². The lowest BCUT2D eigenvalue weighted by Crippen LogP contribution is -2.52. The molecule has 2 aromatic carbocycles. The average molecular weight is 449 g/mol. The number of nitrogens with zero attached hydrogens (tertiary/aromatic N) is 3. The van der Waals surface area contributed by atoms with E-state index >= 15 is 0 Å². The molecular formula is C28H40N4O. The van der Waals surface area contributed by atoms with Crippen molar-refractivity contribution in [2.24, 2.45) is 11.8 Å². The number of likely N-dealkylation sites (tertiary alicyclic amines) is 1. The van der Waals surface area contributed by atoms with Crippen LogP contribution in [-0.4, -0.2) is 86.6 Å². The molecule has 0 aliphatic carbocycles. The van der Waals surface area contributed by atoms with Gasteiger partial charge in [0, 0.05) is 58.9 Å². The van der Waals surface area contributed by atoms with Crippen LogP contribution in [0.3, 0.4) is 0 Å². The van der Waals surface area contributed by atoms with Gasteiger partial charge in [0.1, 0.15) is 0 Å². The molecule has 4 rings (SSSR count). The highest BCUT2D eigenvalue weighted by atomic mass is 16.1. The van der Waals surface area contributed by atoms with Crippen molar-refractivity contribution in [2.75, 3.05) is 66.0 Å². The third-order valence-electron chi connectivity index (χ3n) is 7.21. The smallest absolute Gasteiger partial charge is 0.224 e. The highest BCUT2D eigenvalue weighted by molar-refractivity contribution is 5.79. The minimum absolute atomic E-state index is 0.0859. The molecule has 0 bridgehead atoms. The quantitative estimate of drug-likeness (QED) is 0.640. The van der Waals surface area contributed by atoms with Crippen LogP contribution >= 0.6 is 0 Å². The minimum atomic E-state index is 0.0859. The lowest BCUT2D eigenvalue weighted by molar-refractivity contribution is -0.127. The summed E-state index contributed by atoms with van der Waals surface area (Å²) in [6.07, 6.45) is 2.94. The van der Waals surface area contributed by atoms with E-state index in [0.29, 0.717) is 12.5 Å². The third kappa shape index (κ3) is 7.66. The third-order valence-corrected chi connectivity index (χ3v) is 7.21. The Hall–Kier alpha value is -2.21. The monoisotopic (exact) mass is 448 g/mol. The number of likely N-dealkylation sites (N-methyl/N-ethyl adjacent to an activating group) is 1. The molecule has 5 heteroatoms. The number of carbonyl (C=O) groups is 1. The fraction of sp³-hybridized carbons (Fsp3) is 0.536. The molecule has 1 N–H and O–H groups in total. The van der Waals surface area contributed by atoms with Gasteiger partial charge in [-0.1, -0.05) is 60.7 Å². The number of amides is 1. The highest BCUT2D eigenvalue weighted by Gasteiger charge is 2.32. The number of hydrogen-bond donors (Lipinski definition) is 1. The van der Waals surface area contributed by atoms with Crippen molar-refractivity contribution in [3.05, 3.63) is 71.8 Å². The summed E-state index contributed by atoms with van der Waals surface area (Å²) in [4.78, 5) is 20.7. The fourth-order valence-electron chi connectivity index (χ4n) is 5.25. The molecule has 2 fully saturated rings. The predicted octanol–water partition coefficient (Wildman–Crippen LogP) is 2.77. The standard InChI is InChI=1S/C28H40N4O/c1-30-16-18-31(19-17-30)21-26-20-27(28(33)29-14-12-24-8-4-2-5-9-24)23-32(22-26)15-13-25-10-6-3-7-11-25/h2-11,26-27H,12-23H2,1H3,(H,29,33)/t26-,27-/m1/s1. The zero-order valence-electron chi connectivity index (χ0n) is 20.2. The van der Waals surface area contributed by atoms with Gasteiger partial charge in [0.25, 0.3) is 0 Å². The Morgan fingerprint density at radius 2 is 1.48 bits per heavy atom. The van der Waals surface area contributed by atoms with Gasteiger partial charge >= 0.3 is 0 Å². The molecule has 2 aromatic rings. The number of piperazine rings is 1. The molecular weight excluding hydrogens is 408 g/mol. The zero-order valence-corrected chi connectivity index (χ0v) is 20.2. The largest absolute Gasteiger partial charge is 0.355 e. The number of benzene rings is 2. The molecule has 0 saturated carbocycles. The molecule has 0 radical (unpaired) electrons. The van der Waals surface area contributed by atoms with Gasteiger partial charge in [-0.05, 0) is 43.4 Å². The van der Waals surface area contributed by atoms with Crippen LogP contribution in [0.4, 0.5) is 0 Å². The highest BCUT2D eigenvalue weighted by Crippen LogP contribution is 2.24. The van der Waals surface area contributed by atoms with Gasteiger partial charge in [-0.15, -0.1) is 0 Å². The maximum atomic E-state index is 13.1. The second-order valence-electron chi connectivity index (χ2n) is 9.92. The van der Waals surface area contributed by atoms with E-state index in [2.05, 4.69) is 81.7 Å². The summed E-state index contributed by atoms with van der Waals surface area (Å²) in [7, 11) is 2.21. The molecule has 1 amide bonds. The van der Waals surface area contributed by atoms with E-state index in [-0.39, 0.29) is 11.8 Å². The van der Waals surface area contributed by atoms with Crippen molar-refractivity contribution in [3.8, 4) is 0 Å². The number of carbonyl (C=O) groups excluding carboxylic acids is 1. The molecule has 2 aliphatic heterocycles. The van der Waals surface area contributed by atoms with Gasteiger partial charge in [0.15, 0.2) is 0 Å². The molecule has 2 aliphatic rings. The predicted molar refractivity (Wildman–Crippen MR) is 135 cm³/mol. The molecule has 0 spiro atoms. The molecule has 2 saturated heterocycles. The fourth-order valence-corrected chi connectivity index (χ4v) is 5.25. The van der Waals surface area contributed by atoms with Crippen molar-refractivity contribution in [1.29, 1.82) is 0 Å². The van der Waals surface area contributed by atoms with E-state index in [1.165, 1.54) is 11.1 Å². The van der Waals surface area contributed by atoms with Crippen LogP contribution in [0.1, 0.15) is 17.5 Å². The van der Waals surface area contributed by atoms with E-state index in [9.17, 15) is 4.79 Å². The first kappa shape index (κ1) is 23.9. The molecule has 2 heterocycles. The Labute approximate surface area is 199 Å². The SMILES string of the molecule is CN1CCN(C[C@H]2C[C@@H](C(=O)NCCc3ccccc3)CN(CCc3ccccc3)C2)CC1. The second kappa shape index (κ2) is 12.3. The first-order valence-electron chi connectivity index (χ1n) is 12.6. The lowest BCUT2D eigenvalue weighted by Gasteiger charge is -2.41. The number of rotatable bonds is 9. The zero-order chi connectivity index (χ0) is 22.9. The van der Waals surface area contributed by atoms with Crippen LogP contribution in [0.5, 0.6) is 0 Å². The summed E-state index contributed by atoms with van der Waals surface area (Å²) in [5.41, 5.74) is 2.65. The molecule has 5 nitrogen and oxygen atoms in total. The Kier molecular flexibility index (Phi) is 8.93. The first-order valence-corrected chi connectivity index (χ1v) is 12.6. The van der Waals surface area contributed by atoms with Crippen LogP contribution in [0, 0.1) is 11.8 Å². The van der Waals surface area contributed by atoms with E-state index in [4.69, 9.17) is 0 Å². The maximum Gasteiger partial charge on any atom is 0.224 e.